The van der Waals surface area contributed by atoms with E-state index in [9.17, 15) is 4.79 Å². The van der Waals surface area contributed by atoms with E-state index >= 15 is 0 Å². The topological polar surface area (TPSA) is 74.4 Å². The molecule has 0 aliphatic carbocycles. The second-order valence-corrected chi connectivity index (χ2v) is 5.79. The number of carbonyl (C=O) groups is 1. The van der Waals surface area contributed by atoms with Gasteiger partial charge in [-0.25, -0.2) is 0 Å². The number of amides is 1. The molecule has 1 aromatic rings. The van der Waals surface area contributed by atoms with Crippen LogP contribution in [0.2, 0.25) is 0 Å². The summed E-state index contributed by atoms with van der Waals surface area (Å²) in [6.07, 6.45) is 0.118. The lowest BCUT2D eigenvalue weighted by atomic mass is 9.84. The monoisotopic (exact) mass is 262 g/mol. The minimum atomic E-state index is -0.516. The molecular formula is C13H19BN2O3. The van der Waals surface area contributed by atoms with Gasteiger partial charge in [0, 0.05) is 5.69 Å². The average Bonchev–Trinajstić information content (AvgIpc) is 2.47. The number of pyridine rings is 1. The molecule has 19 heavy (non-hydrogen) atoms. The van der Waals surface area contributed by atoms with Crippen molar-refractivity contribution in [3.05, 3.63) is 23.9 Å². The molecule has 0 unspecified atom stereocenters. The smallest absolute Gasteiger partial charge is 0.398 e. The Hall–Kier alpha value is -1.40. The van der Waals surface area contributed by atoms with E-state index in [0.29, 0.717) is 11.3 Å². The zero-order valence-electron chi connectivity index (χ0n) is 11.8. The van der Waals surface area contributed by atoms with Crippen LogP contribution < -0.4 is 11.3 Å². The van der Waals surface area contributed by atoms with Crippen LogP contribution >= 0.6 is 0 Å². The van der Waals surface area contributed by atoms with Gasteiger partial charge in [-0.1, -0.05) is 6.07 Å². The second-order valence-electron chi connectivity index (χ2n) is 5.79. The molecule has 1 amide bonds. The summed E-state index contributed by atoms with van der Waals surface area (Å²) >= 11 is 0. The van der Waals surface area contributed by atoms with Gasteiger partial charge in [0.25, 0.3) is 0 Å². The summed E-state index contributed by atoms with van der Waals surface area (Å²) in [5, 5.41) is 0. The summed E-state index contributed by atoms with van der Waals surface area (Å²) < 4.78 is 11.8. The Kier molecular flexibility index (Phi) is 3.41. The number of primary amides is 1. The van der Waals surface area contributed by atoms with Crippen molar-refractivity contribution in [3.8, 4) is 0 Å². The number of aromatic nitrogens is 1. The number of rotatable bonds is 3. The van der Waals surface area contributed by atoms with Crippen molar-refractivity contribution in [3.63, 3.8) is 0 Å². The Bertz CT molecular complexity index is 486. The summed E-state index contributed by atoms with van der Waals surface area (Å²) in [6, 6.07) is 5.41. The molecule has 1 aliphatic heterocycles. The Labute approximate surface area is 113 Å². The molecule has 2 N–H and O–H groups in total. The third-order valence-electron chi connectivity index (χ3n) is 3.68. The van der Waals surface area contributed by atoms with Crippen LogP contribution in [0.1, 0.15) is 33.4 Å². The van der Waals surface area contributed by atoms with Crippen LogP contribution in [-0.4, -0.2) is 29.2 Å². The molecule has 0 bridgehead atoms. The molecule has 102 valence electrons. The molecule has 1 fully saturated rings. The first kappa shape index (κ1) is 14.0. The molecule has 0 atom stereocenters. The van der Waals surface area contributed by atoms with Gasteiger partial charge in [0.15, 0.2) is 0 Å². The molecule has 2 heterocycles. The largest absolute Gasteiger partial charge is 0.514 e. The molecule has 0 spiro atoms. The molecule has 6 heteroatoms. The van der Waals surface area contributed by atoms with Crippen LogP contribution in [0, 0.1) is 0 Å². The Morgan fingerprint density at radius 2 is 1.84 bits per heavy atom. The highest BCUT2D eigenvalue weighted by molar-refractivity contribution is 6.61. The zero-order valence-corrected chi connectivity index (χ0v) is 11.8. The number of hydrogen-bond acceptors (Lipinski definition) is 4. The summed E-state index contributed by atoms with van der Waals surface area (Å²) in [5.41, 5.74) is 5.65. The second kappa shape index (κ2) is 4.61. The number of nitrogens with zero attached hydrogens (tertiary/aromatic N) is 1. The van der Waals surface area contributed by atoms with Crippen LogP contribution in [0.25, 0.3) is 0 Å². The number of hydrogen-bond donors (Lipinski definition) is 1. The van der Waals surface area contributed by atoms with Crippen molar-refractivity contribution in [1.29, 1.82) is 0 Å². The number of carbonyl (C=O) groups excluding carboxylic acids is 1. The molecule has 1 aromatic heterocycles. The lowest BCUT2D eigenvalue weighted by molar-refractivity contribution is -0.117. The summed E-state index contributed by atoms with van der Waals surface area (Å²) in [6.45, 7) is 7.95. The van der Waals surface area contributed by atoms with E-state index in [1.807, 2.05) is 39.8 Å². The highest BCUT2D eigenvalue weighted by Crippen LogP contribution is 2.36. The standard InChI is InChI=1S/C13H19BN2O3/c1-12(2)13(3,4)19-14(18-12)10-7-5-6-9(16-10)8-11(15)17/h5-7H,8H2,1-4H3,(H2,15,17). The van der Waals surface area contributed by atoms with Gasteiger partial charge in [-0.15, -0.1) is 0 Å². The molecule has 0 saturated carbocycles. The summed E-state index contributed by atoms with van der Waals surface area (Å²) in [4.78, 5) is 15.3. The van der Waals surface area contributed by atoms with Crippen LogP contribution in [0.3, 0.4) is 0 Å². The van der Waals surface area contributed by atoms with Crippen LogP contribution in [0.4, 0.5) is 0 Å². The first-order valence-electron chi connectivity index (χ1n) is 6.31. The molecule has 1 saturated heterocycles. The maximum absolute atomic E-state index is 10.9. The third-order valence-corrected chi connectivity index (χ3v) is 3.68. The molecular weight excluding hydrogens is 243 g/mol. The molecule has 1 aliphatic rings. The van der Waals surface area contributed by atoms with Gasteiger partial charge in [-0.05, 0) is 39.8 Å². The van der Waals surface area contributed by atoms with Gasteiger partial charge >= 0.3 is 7.12 Å². The maximum atomic E-state index is 10.9. The van der Waals surface area contributed by atoms with E-state index in [1.165, 1.54) is 0 Å². The van der Waals surface area contributed by atoms with Gasteiger partial charge in [-0.3, -0.25) is 9.78 Å². The Morgan fingerprint density at radius 3 is 2.37 bits per heavy atom. The fraction of sp³-hybridized carbons (Fsp3) is 0.538. The van der Waals surface area contributed by atoms with Crippen LogP contribution in [0.15, 0.2) is 18.2 Å². The van der Waals surface area contributed by atoms with Crippen LogP contribution in [0.5, 0.6) is 0 Å². The van der Waals surface area contributed by atoms with E-state index in [-0.39, 0.29) is 6.42 Å². The first-order chi connectivity index (χ1) is 8.71. The highest BCUT2D eigenvalue weighted by Gasteiger charge is 2.52. The molecule has 5 nitrogen and oxygen atoms in total. The maximum Gasteiger partial charge on any atom is 0.514 e. The van der Waals surface area contributed by atoms with Gasteiger partial charge in [-0.2, -0.15) is 0 Å². The lowest BCUT2D eigenvalue weighted by Crippen LogP contribution is -2.41. The summed E-state index contributed by atoms with van der Waals surface area (Å²) in [7, 11) is -0.516. The van der Waals surface area contributed by atoms with E-state index in [2.05, 4.69) is 4.98 Å². The van der Waals surface area contributed by atoms with Gasteiger partial charge in [0.2, 0.25) is 5.91 Å². The fourth-order valence-corrected chi connectivity index (χ4v) is 1.87. The minimum Gasteiger partial charge on any atom is -0.398 e. The normalized spacial score (nSPS) is 20.5. The Balaban J connectivity index is 2.22. The van der Waals surface area contributed by atoms with E-state index in [1.54, 1.807) is 6.07 Å². The Morgan fingerprint density at radius 1 is 1.26 bits per heavy atom. The van der Waals surface area contributed by atoms with Crippen molar-refractivity contribution in [2.75, 3.05) is 0 Å². The molecule has 2 rings (SSSR count). The average molecular weight is 262 g/mol. The van der Waals surface area contributed by atoms with E-state index in [0.717, 1.165) is 0 Å². The number of nitrogens with two attached hydrogens (primary N) is 1. The van der Waals surface area contributed by atoms with Crippen molar-refractivity contribution in [1.82, 2.24) is 4.98 Å². The zero-order chi connectivity index (χ0) is 14.3. The van der Waals surface area contributed by atoms with E-state index < -0.39 is 24.2 Å². The molecule has 0 radical (unpaired) electrons. The predicted octanol–water partition coefficient (Wildman–Crippen LogP) is 0.409. The quantitative estimate of drug-likeness (QED) is 0.800. The highest BCUT2D eigenvalue weighted by atomic mass is 16.7. The fourth-order valence-electron chi connectivity index (χ4n) is 1.87. The lowest BCUT2D eigenvalue weighted by Gasteiger charge is -2.32. The third kappa shape index (κ3) is 2.79. The first-order valence-corrected chi connectivity index (χ1v) is 6.31. The van der Waals surface area contributed by atoms with Crippen molar-refractivity contribution < 1.29 is 14.1 Å². The van der Waals surface area contributed by atoms with Crippen LogP contribution in [-0.2, 0) is 20.5 Å². The van der Waals surface area contributed by atoms with Gasteiger partial charge < -0.3 is 15.0 Å². The van der Waals surface area contributed by atoms with Crippen molar-refractivity contribution in [2.24, 2.45) is 5.73 Å². The van der Waals surface area contributed by atoms with Gasteiger partial charge in [0.05, 0.1) is 23.2 Å². The van der Waals surface area contributed by atoms with Gasteiger partial charge in [0.1, 0.15) is 0 Å². The predicted molar refractivity (Wildman–Crippen MR) is 72.9 cm³/mol. The van der Waals surface area contributed by atoms with Crippen molar-refractivity contribution >= 4 is 18.6 Å². The summed E-state index contributed by atoms with van der Waals surface area (Å²) in [5.74, 6) is -0.404. The molecule has 0 aromatic carbocycles. The SMILES string of the molecule is CC1(C)OB(c2cccc(CC(N)=O)n2)OC1(C)C. The van der Waals surface area contributed by atoms with E-state index in [4.69, 9.17) is 15.0 Å². The minimum absolute atomic E-state index is 0.118. The van der Waals surface area contributed by atoms with Crippen molar-refractivity contribution in [2.45, 2.75) is 45.3 Å².